The van der Waals surface area contributed by atoms with Crippen LogP contribution in [-0.4, -0.2) is 40.7 Å². The van der Waals surface area contributed by atoms with E-state index < -0.39 is 23.9 Å². The fourth-order valence-electron chi connectivity index (χ4n) is 1.83. The van der Waals surface area contributed by atoms with Crippen molar-refractivity contribution in [1.82, 2.24) is 5.32 Å². The van der Waals surface area contributed by atoms with Crippen LogP contribution in [0.4, 0.5) is 0 Å². The Balaban J connectivity index is 2.55. The quantitative estimate of drug-likeness (QED) is 0.628. The van der Waals surface area contributed by atoms with Crippen molar-refractivity contribution in [2.24, 2.45) is 0 Å². The molecule has 22 heavy (non-hydrogen) atoms. The third kappa shape index (κ3) is 6.25. The van der Waals surface area contributed by atoms with Gasteiger partial charge in [-0.2, -0.15) is 0 Å². The van der Waals surface area contributed by atoms with E-state index >= 15 is 0 Å². The van der Waals surface area contributed by atoms with Gasteiger partial charge in [0.15, 0.2) is 0 Å². The Morgan fingerprint density at radius 3 is 2.32 bits per heavy atom. The van der Waals surface area contributed by atoms with E-state index in [9.17, 15) is 14.4 Å². The van der Waals surface area contributed by atoms with Crippen molar-refractivity contribution in [3.8, 4) is 5.75 Å². The Labute approximate surface area is 127 Å². The standard InChI is InChI=1S/C15H19NO6/c1-2-22-11-5-3-10(4-6-11)9-13(17)16-12(15(20)21)7-8-14(18)19/h3-6,12H,2,7-9H2,1H3,(H,16,17)(H,18,19)(H,20,21). The Kier molecular flexibility index (Phi) is 6.88. The number of carboxylic acid groups (broad SMARTS) is 2. The minimum Gasteiger partial charge on any atom is -0.494 e. The first-order valence-electron chi connectivity index (χ1n) is 6.88. The van der Waals surface area contributed by atoms with Crippen molar-refractivity contribution < 1.29 is 29.3 Å². The molecule has 3 N–H and O–H groups in total. The lowest BCUT2D eigenvalue weighted by atomic mass is 10.1. The van der Waals surface area contributed by atoms with E-state index in [1.807, 2.05) is 6.92 Å². The lowest BCUT2D eigenvalue weighted by molar-refractivity contribution is -0.143. The molecule has 0 aromatic heterocycles. The maximum Gasteiger partial charge on any atom is 0.326 e. The summed E-state index contributed by atoms with van der Waals surface area (Å²) in [5.74, 6) is -2.13. The molecule has 0 heterocycles. The number of carbonyl (C=O) groups excluding carboxylic acids is 1. The highest BCUT2D eigenvalue weighted by Crippen LogP contribution is 2.12. The van der Waals surface area contributed by atoms with Gasteiger partial charge in [0, 0.05) is 6.42 Å². The molecular formula is C15H19NO6. The van der Waals surface area contributed by atoms with Gasteiger partial charge in [-0.05, 0) is 31.0 Å². The van der Waals surface area contributed by atoms with Crippen molar-refractivity contribution >= 4 is 17.8 Å². The smallest absolute Gasteiger partial charge is 0.326 e. The molecule has 0 aliphatic heterocycles. The first-order valence-corrected chi connectivity index (χ1v) is 6.88. The normalized spacial score (nSPS) is 11.5. The van der Waals surface area contributed by atoms with E-state index in [4.69, 9.17) is 14.9 Å². The number of benzene rings is 1. The fraction of sp³-hybridized carbons (Fsp3) is 0.400. The predicted molar refractivity (Wildman–Crippen MR) is 77.8 cm³/mol. The average Bonchev–Trinajstić information content (AvgIpc) is 2.45. The van der Waals surface area contributed by atoms with Gasteiger partial charge in [0.2, 0.25) is 5.91 Å². The van der Waals surface area contributed by atoms with Crippen LogP contribution < -0.4 is 10.1 Å². The number of hydrogen-bond acceptors (Lipinski definition) is 4. The Morgan fingerprint density at radius 1 is 1.18 bits per heavy atom. The molecule has 0 fully saturated rings. The zero-order valence-electron chi connectivity index (χ0n) is 12.2. The van der Waals surface area contributed by atoms with Gasteiger partial charge in [0.25, 0.3) is 0 Å². The molecule has 1 aromatic carbocycles. The molecule has 1 atom stereocenters. The molecular weight excluding hydrogens is 290 g/mol. The maximum absolute atomic E-state index is 11.8. The van der Waals surface area contributed by atoms with E-state index in [0.29, 0.717) is 17.9 Å². The summed E-state index contributed by atoms with van der Waals surface area (Å²) in [5, 5.41) is 19.9. The summed E-state index contributed by atoms with van der Waals surface area (Å²) in [5.41, 5.74) is 0.711. The largest absolute Gasteiger partial charge is 0.494 e. The molecule has 0 aliphatic carbocycles. The van der Waals surface area contributed by atoms with E-state index in [1.165, 1.54) is 0 Å². The second-order valence-electron chi connectivity index (χ2n) is 4.64. The molecule has 1 amide bonds. The maximum atomic E-state index is 11.8. The van der Waals surface area contributed by atoms with Crippen LogP contribution >= 0.6 is 0 Å². The van der Waals surface area contributed by atoms with Crippen molar-refractivity contribution in [1.29, 1.82) is 0 Å². The molecule has 0 spiro atoms. The fourth-order valence-corrected chi connectivity index (χ4v) is 1.83. The third-order valence-electron chi connectivity index (χ3n) is 2.88. The summed E-state index contributed by atoms with van der Waals surface area (Å²) < 4.78 is 5.28. The van der Waals surface area contributed by atoms with Crippen molar-refractivity contribution in [2.45, 2.75) is 32.2 Å². The van der Waals surface area contributed by atoms with Crippen LogP contribution in [0, 0.1) is 0 Å². The lowest BCUT2D eigenvalue weighted by Gasteiger charge is -2.13. The molecule has 0 saturated heterocycles. The number of ether oxygens (including phenoxy) is 1. The molecule has 0 radical (unpaired) electrons. The van der Waals surface area contributed by atoms with Gasteiger partial charge in [-0.1, -0.05) is 12.1 Å². The van der Waals surface area contributed by atoms with Gasteiger partial charge in [0.05, 0.1) is 13.0 Å². The van der Waals surface area contributed by atoms with Crippen molar-refractivity contribution in [3.05, 3.63) is 29.8 Å². The van der Waals surface area contributed by atoms with Crippen molar-refractivity contribution in [2.75, 3.05) is 6.61 Å². The number of rotatable bonds is 9. The molecule has 7 heteroatoms. The van der Waals surface area contributed by atoms with Gasteiger partial charge in [-0.3, -0.25) is 9.59 Å². The van der Waals surface area contributed by atoms with E-state index in [2.05, 4.69) is 5.32 Å². The molecule has 0 aliphatic rings. The molecule has 0 saturated carbocycles. The zero-order valence-corrected chi connectivity index (χ0v) is 12.2. The first-order chi connectivity index (χ1) is 10.4. The summed E-state index contributed by atoms with van der Waals surface area (Å²) in [6.07, 6.45) is -0.455. The Hall–Kier alpha value is -2.57. The SMILES string of the molecule is CCOc1ccc(CC(=O)NC(CCC(=O)O)C(=O)O)cc1. The van der Waals surface area contributed by atoms with Crippen LogP contribution in [-0.2, 0) is 20.8 Å². The zero-order chi connectivity index (χ0) is 16.5. The summed E-state index contributed by atoms with van der Waals surface area (Å²) in [7, 11) is 0. The van der Waals surface area contributed by atoms with Crippen LogP contribution in [0.25, 0.3) is 0 Å². The third-order valence-corrected chi connectivity index (χ3v) is 2.88. The first kappa shape index (κ1) is 17.5. The number of hydrogen-bond donors (Lipinski definition) is 3. The molecule has 1 unspecified atom stereocenters. The topological polar surface area (TPSA) is 113 Å². The summed E-state index contributed by atoms with van der Waals surface area (Å²) in [4.78, 5) is 33.3. The monoisotopic (exact) mass is 309 g/mol. The van der Waals surface area contributed by atoms with Crippen LogP contribution in [0.1, 0.15) is 25.3 Å². The van der Waals surface area contributed by atoms with Crippen LogP contribution in [0.15, 0.2) is 24.3 Å². The molecule has 7 nitrogen and oxygen atoms in total. The molecule has 0 bridgehead atoms. The molecule has 1 rings (SSSR count). The van der Waals surface area contributed by atoms with Crippen molar-refractivity contribution in [3.63, 3.8) is 0 Å². The van der Waals surface area contributed by atoms with Crippen LogP contribution in [0.2, 0.25) is 0 Å². The second kappa shape index (κ2) is 8.66. The Bertz CT molecular complexity index is 525. The predicted octanol–water partition coefficient (Wildman–Crippen LogP) is 1.06. The van der Waals surface area contributed by atoms with E-state index in [-0.39, 0.29) is 19.3 Å². The van der Waals surface area contributed by atoms with Gasteiger partial charge in [-0.15, -0.1) is 0 Å². The lowest BCUT2D eigenvalue weighted by Crippen LogP contribution is -2.41. The summed E-state index contributed by atoms with van der Waals surface area (Å²) in [6, 6.07) is 5.69. The number of carboxylic acids is 2. The minimum atomic E-state index is -1.25. The average molecular weight is 309 g/mol. The van der Waals surface area contributed by atoms with Crippen LogP contribution in [0.3, 0.4) is 0 Å². The summed E-state index contributed by atoms with van der Waals surface area (Å²) in [6.45, 7) is 2.41. The van der Waals surface area contributed by atoms with Gasteiger partial charge in [0.1, 0.15) is 11.8 Å². The van der Waals surface area contributed by atoms with Gasteiger partial charge >= 0.3 is 11.9 Å². The number of carbonyl (C=O) groups is 3. The minimum absolute atomic E-state index is 0.0171. The molecule has 1 aromatic rings. The van der Waals surface area contributed by atoms with Crippen LogP contribution in [0.5, 0.6) is 5.75 Å². The highest BCUT2D eigenvalue weighted by atomic mass is 16.5. The number of amides is 1. The van der Waals surface area contributed by atoms with E-state index in [0.717, 1.165) is 0 Å². The second-order valence-corrected chi connectivity index (χ2v) is 4.64. The number of nitrogens with one attached hydrogen (secondary N) is 1. The summed E-state index contributed by atoms with van der Waals surface area (Å²) >= 11 is 0. The highest BCUT2D eigenvalue weighted by Gasteiger charge is 2.20. The number of aliphatic carboxylic acids is 2. The molecule has 120 valence electrons. The Morgan fingerprint density at radius 2 is 1.82 bits per heavy atom. The van der Waals surface area contributed by atoms with E-state index in [1.54, 1.807) is 24.3 Å². The van der Waals surface area contributed by atoms with Gasteiger partial charge < -0.3 is 20.3 Å². The van der Waals surface area contributed by atoms with Gasteiger partial charge in [-0.25, -0.2) is 4.79 Å². The highest BCUT2D eigenvalue weighted by molar-refractivity contribution is 5.85.